The molecule has 0 aliphatic heterocycles. The maximum Gasteiger partial charge on any atom is 0.347 e. The molecule has 2 rings (SSSR count). The first kappa shape index (κ1) is 17.4. The van der Waals surface area contributed by atoms with E-state index in [0.29, 0.717) is 0 Å². The average molecular weight is 348 g/mol. The number of pyridine rings is 1. The second-order valence-corrected chi connectivity index (χ2v) is 5.03. The number of para-hydroxylation sites is 2. The molecule has 0 fully saturated rings. The number of nitrogens with zero attached hydrogens (tertiary/aromatic N) is 1. The Balaban J connectivity index is 2.15. The summed E-state index contributed by atoms with van der Waals surface area (Å²) in [5.74, 6) is 1.87. The molecular formula is C17H14ClNO5. The lowest BCUT2D eigenvalue weighted by Gasteiger charge is -2.16. The van der Waals surface area contributed by atoms with Gasteiger partial charge in [0.25, 0.3) is 5.88 Å². The van der Waals surface area contributed by atoms with Gasteiger partial charge in [-0.05, 0) is 19.1 Å². The Bertz CT molecular complexity index is 772. The number of aromatic nitrogens is 1. The monoisotopic (exact) mass is 347 g/mol. The molecular weight excluding hydrogens is 334 g/mol. The van der Waals surface area contributed by atoms with Crippen LogP contribution in [0, 0.1) is 12.3 Å². The number of terminal acetylenes is 1. The highest BCUT2D eigenvalue weighted by atomic mass is 35.5. The molecule has 1 heterocycles. The molecule has 0 spiro atoms. The van der Waals surface area contributed by atoms with Crippen LogP contribution in [0.1, 0.15) is 6.92 Å². The highest BCUT2D eigenvalue weighted by Crippen LogP contribution is 2.35. The van der Waals surface area contributed by atoms with E-state index in [1.54, 1.807) is 24.3 Å². The number of aromatic hydroxyl groups is 1. The third-order valence-corrected chi connectivity index (χ3v) is 2.99. The Morgan fingerprint density at radius 2 is 2.12 bits per heavy atom. The zero-order valence-corrected chi connectivity index (χ0v) is 13.5. The van der Waals surface area contributed by atoms with Crippen LogP contribution in [0.4, 0.5) is 0 Å². The largest absolute Gasteiger partial charge is 0.503 e. The summed E-state index contributed by atoms with van der Waals surface area (Å²) in [5, 5.41) is 10.1. The standard InChI is InChI=1S/C17H14ClNO5/c1-3-8-22-17(21)11(2)23-14-6-4-5-7-15(14)24-16-13(20)9-12(18)10-19-16/h1,4-7,9-11,20H,8H2,2H3. The molecule has 1 aromatic carbocycles. The van der Waals surface area contributed by atoms with Crippen molar-refractivity contribution in [2.24, 2.45) is 0 Å². The SMILES string of the molecule is C#CCOC(=O)C(C)Oc1ccccc1Oc1ncc(Cl)cc1O. The smallest absolute Gasteiger partial charge is 0.347 e. The highest BCUT2D eigenvalue weighted by Gasteiger charge is 2.19. The van der Waals surface area contributed by atoms with Crippen molar-refractivity contribution < 1.29 is 24.1 Å². The first-order chi connectivity index (χ1) is 11.5. The molecule has 1 unspecified atom stereocenters. The van der Waals surface area contributed by atoms with Gasteiger partial charge in [0.2, 0.25) is 0 Å². The number of hydrogen-bond acceptors (Lipinski definition) is 6. The van der Waals surface area contributed by atoms with Crippen LogP contribution in [0.25, 0.3) is 0 Å². The van der Waals surface area contributed by atoms with Crippen LogP contribution in [-0.2, 0) is 9.53 Å². The molecule has 24 heavy (non-hydrogen) atoms. The average Bonchev–Trinajstić information content (AvgIpc) is 2.56. The summed E-state index contributed by atoms with van der Waals surface area (Å²) in [6, 6.07) is 7.91. The van der Waals surface area contributed by atoms with Crippen LogP contribution in [0.5, 0.6) is 23.1 Å². The van der Waals surface area contributed by atoms with E-state index in [1.165, 1.54) is 19.2 Å². The number of esters is 1. The molecule has 1 N–H and O–H groups in total. The molecule has 1 atom stereocenters. The molecule has 0 aliphatic rings. The van der Waals surface area contributed by atoms with E-state index in [4.69, 9.17) is 32.2 Å². The molecule has 2 aromatic rings. The lowest BCUT2D eigenvalue weighted by Crippen LogP contribution is -2.26. The summed E-state index contributed by atoms with van der Waals surface area (Å²) in [5.41, 5.74) is 0. The third-order valence-electron chi connectivity index (χ3n) is 2.79. The molecule has 0 radical (unpaired) electrons. The second kappa shape index (κ2) is 8.09. The molecule has 0 saturated heterocycles. The molecule has 7 heteroatoms. The second-order valence-electron chi connectivity index (χ2n) is 4.60. The van der Waals surface area contributed by atoms with E-state index < -0.39 is 12.1 Å². The molecule has 0 amide bonds. The van der Waals surface area contributed by atoms with Gasteiger partial charge in [0.05, 0.1) is 5.02 Å². The maximum atomic E-state index is 11.7. The van der Waals surface area contributed by atoms with Crippen molar-refractivity contribution in [2.45, 2.75) is 13.0 Å². The molecule has 0 bridgehead atoms. The van der Waals surface area contributed by atoms with Gasteiger partial charge in [-0.3, -0.25) is 0 Å². The minimum absolute atomic E-state index is 0.0435. The zero-order valence-electron chi connectivity index (χ0n) is 12.7. The lowest BCUT2D eigenvalue weighted by atomic mass is 10.3. The van der Waals surface area contributed by atoms with E-state index >= 15 is 0 Å². The number of halogens is 1. The lowest BCUT2D eigenvalue weighted by molar-refractivity contribution is -0.149. The number of hydrogen-bond donors (Lipinski definition) is 1. The predicted octanol–water partition coefficient (Wildman–Crippen LogP) is 3.18. The minimum atomic E-state index is -0.894. The third kappa shape index (κ3) is 4.54. The first-order valence-corrected chi connectivity index (χ1v) is 7.27. The number of benzene rings is 1. The number of carbonyl (C=O) groups excluding carboxylic acids is 1. The van der Waals surface area contributed by atoms with E-state index in [9.17, 15) is 9.90 Å². The van der Waals surface area contributed by atoms with Crippen LogP contribution < -0.4 is 9.47 Å². The summed E-state index contributed by atoms with van der Waals surface area (Å²) in [4.78, 5) is 15.6. The van der Waals surface area contributed by atoms with E-state index in [1.807, 2.05) is 0 Å². The van der Waals surface area contributed by atoms with Crippen LogP contribution in [-0.4, -0.2) is 28.8 Å². The van der Waals surface area contributed by atoms with Gasteiger partial charge in [0, 0.05) is 12.3 Å². The van der Waals surface area contributed by atoms with Crippen molar-refractivity contribution in [1.82, 2.24) is 4.98 Å². The number of carbonyl (C=O) groups is 1. The van der Waals surface area contributed by atoms with Crippen molar-refractivity contribution in [3.63, 3.8) is 0 Å². The summed E-state index contributed by atoms with van der Waals surface area (Å²) in [6.45, 7) is 1.39. The summed E-state index contributed by atoms with van der Waals surface area (Å²) in [7, 11) is 0. The fraction of sp³-hybridized carbons (Fsp3) is 0.176. The van der Waals surface area contributed by atoms with Gasteiger partial charge in [0.1, 0.15) is 0 Å². The van der Waals surface area contributed by atoms with E-state index in [2.05, 4.69) is 10.9 Å². The van der Waals surface area contributed by atoms with Crippen molar-refractivity contribution in [3.05, 3.63) is 41.6 Å². The summed E-state index contributed by atoms with van der Waals surface area (Å²) < 4.78 is 15.9. The highest BCUT2D eigenvalue weighted by molar-refractivity contribution is 6.30. The Kier molecular flexibility index (Phi) is 5.88. The van der Waals surface area contributed by atoms with E-state index in [-0.39, 0.29) is 34.8 Å². The van der Waals surface area contributed by atoms with Crippen molar-refractivity contribution >= 4 is 17.6 Å². The Labute approximate surface area is 143 Å². The van der Waals surface area contributed by atoms with Crippen molar-refractivity contribution in [3.8, 4) is 35.5 Å². The van der Waals surface area contributed by atoms with Gasteiger partial charge >= 0.3 is 5.97 Å². The molecule has 6 nitrogen and oxygen atoms in total. The van der Waals surface area contributed by atoms with Gasteiger partial charge in [-0.25, -0.2) is 9.78 Å². The molecule has 0 saturated carbocycles. The quantitative estimate of drug-likeness (QED) is 0.638. The summed E-state index contributed by atoms with van der Waals surface area (Å²) in [6.07, 6.45) is 5.48. The van der Waals surface area contributed by atoms with Crippen LogP contribution in [0.15, 0.2) is 36.5 Å². The fourth-order valence-electron chi connectivity index (χ4n) is 1.70. The van der Waals surface area contributed by atoms with Gasteiger partial charge in [-0.2, -0.15) is 0 Å². The number of ether oxygens (including phenoxy) is 3. The predicted molar refractivity (Wildman–Crippen MR) is 87.3 cm³/mol. The molecule has 1 aromatic heterocycles. The zero-order chi connectivity index (χ0) is 17.5. The van der Waals surface area contributed by atoms with Gasteiger partial charge in [-0.1, -0.05) is 29.7 Å². The van der Waals surface area contributed by atoms with Gasteiger partial charge < -0.3 is 19.3 Å². The van der Waals surface area contributed by atoms with Crippen LogP contribution in [0.3, 0.4) is 0 Å². The fourth-order valence-corrected chi connectivity index (χ4v) is 1.85. The topological polar surface area (TPSA) is 77.9 Å². The summed E-state index contributed by atoms with van der Waals surface area (Å²) >= 11 is 5.73. The van der Waals surface area contributed by atoms with Crippen molar-refractivity contribution in [1.29, 1.82) is 0 Å². The maximum absolute atomic E-state index is 11.7. The van der Waals surface area contributed by atoms with E-state index in [0.717, 1.165) is 0 Å². The number of rotatable bonds is 6. The Morgan fingerprint density at radius 1 is 1.42 bits per heavy atom. The minimum Gasteiger partial charge on any atom is -0.503 e. The Morgan fingerprint density at radius 3 is 2.79 bits per heavy atom. The molecule has 0 aliphatic carbocycles. The van der Waals surface area contributed by atoms with Crippen LogP contribution >= 0.6 is 11.6 Å². The Hall–Kier alpha value is -2.91. The van der Waals surface area contributed by atoms with Crippen LogP contribution in [0.2, 0.25) is 5.02 Å². The van der Waals surface area contributed by atoms with Gasteiger partial charge in [0.15, 0.2) is 30.0 Å². The van der Waals surface area contributed by atoms with Crippen molar-refractivity contribution in [2.75, 3.05) is 6.61 Å². The van der Waals surface area contributed by atoms with Gasteiger partial charge in [-0.15, -0.1) is 6.42 Å². The normalized spacial score (nSPS) is 11.2. The first-order valence-electron chi connectivity index (χ1n) is 6.89. The molecule has 124 valence electrons.